The van der Waals surface area contributed by atoms with E-state index in [1.54, 1.807) is 0 Å². The van der Waals surface area contributed by atoms with Crippen molar-refractivity contribution >= 4 is 0 Å². The van der Waals surface area contributed by atoms with Crippen molar-refractivity contribution in [3.05, 3.63) is 0 Å². The molecule has 0 fully saturated rings. The van der Waals surface area contributed by atoms with E-state index in [1.807, 2.05) is 0 Å². The van der Waals surface area contributed by atoms with Crippen LogP contribution in [0.25, 0.3) is 0 Å². The predicted molar refractivity (Wildman–Crippen MR) is 72.8 cm³/mol. The minimum absolute atomic E-state index is 0.0984. The van der Waals surface area contributed by atoms with Crippen LogP contribution in [0.2, 0.25) is 0 Å². The van der Waals surface area contributed by atoms with Crippen molar-refractivity contribution in [2.45, 2.75) is 77.6 Å². The summed E-state index contributed by atoms with van der Waals surface area (Å²) in [6.45, 7) is 4.21. The van der Waals surface area contributed by atoms with Gasteiger partial charge in [0.05, 0.1) is 6.61 Å². The highest BCUT2D eigenvalue weighted by atomic mass is 16.5. The van der Waals surface area contributed by atoms with Crippen LogP contribution in [0, 0.1) is 0 Å². The molecule has 0 aliphatic carbocycles. The molecular weight excluding hydrogens is 212 g/mol. The van der Waals surface area contributed by atoms with Crippen molar-refractivity contribution in [2.75, 3.05) is 19.8 Å². The summed E-state index contributed by atoms with van der Waals surface area (Å²) in [5, 5.41) is 10.2. The van der Waals surface area contributed by atoms with Gasteiger partial charge >= 0.3 is 0 Å². The summed E-state index contributed by atoms with van der Waals surface area (Å²) < 4.78 is 5.59. The van der Waals surface area contributed by atoms with Crippen LogP contribution in [-0.4, -0.2) is 19.8 Å². The van der Waals surface area contributed by atoms with Gasteiger partial charge in [0, 0.05) is 13.2 Å². The second-order valence-corrected chi connectivity index (χ2v) is 4.85. The van der Waals surface area contributed by atoms with E-state index in [1.165, 1.54) is 57.8 Å². The van der Waals surface area contributed by atoms with Gasteiger partial charge in [0.15, 0.2) is 0 Å². The van der Waals surface area contributed by atoms with Crippen molar-refractivity contribution in [1.82, 2.24) is 0 Å². The normalized spacial score (nSPS) is 10.9. The van der Waals surface area contributed by atoms with Gasteiger partial charge in [0.25, 0.3) is 0 Å². The Bertz CT molecular complexity index is 112. The van der Waals surface area contributed by atoms with Gasteiger partial charge in [-0.05, 0) is 19.3 Å². The van der Waals surface area contributed by atoms with Gasteiger partial charge < -0.3 is 4.74 Å². The van der Waals surface area contributed by atoms with Crippen molar-refractivity contribution in [3.8, 4) is 0 Å². The van der Waals surface area contributed by atoms with Crippen LogP contribution in [-0.2, 0) is 9.84 Å². The Morgan fingerprint density at radius 3 is 1.65 bits per heavy atom. The fourth-order valence-electron chi connectivity index (χ4n) is 1.92. The van der Waals surface area contributed by atoms with Gasteiger partial charge in [-0.3, -0.25) is 0 Å². The summed E-state index contributed by atoms with van der Waals surface area (Å²) >= 11 is 0. The Hall–Kier alpha value is -0.0800. The SMILES string of the molecule is CCCCCCCOCCCCCCCC[O]. The third-order valence-electron chi connectivity index (χ3n) is 3.08. The minimum atomic E-state index is 0.0984. The number of ether oxygens (including phenoxy) is 1. The Labute approximate surface area is 108 Å². The van der Waals surface area contributed by atoms with E-state index in [2.05, 4.69) is 6.92 Å². The zero-order chi connectivity index (χ0) is 12.6. The maximum Gasteiger partial charge on any atom is 0.0822 e. The largest absolute Gasteiger partial charge is 0.381 e. The Morgan fingerprint density at radius 2 is 1.12 bits per heavy atom. The van der Waals surface area contributed by atoms with Gasteiger partial charge in [-0.1, -0.05) is 58.3 Å². The molecule has 0 aliphatic heterocycles. The van der Waals surface area contributed by atoms with Crippen LogP contribution in [0.4, 0.5) is 0 Å². The van der Waals surface area contributed by atoms with E-state index in [0.29, 0.717) is 0 Å². The topological polar surface area (TPSA) is 29.1 Å². The third-order valence-corrected chi connectivity index (χ3v) is 3.08. The fourth-order valence-corrected chi connectivity index (χ4v) is 1.92. The molecule has 0 aromatic rings. The molecule has 103 valence electrons. The van der Waals surface area contributed by atoms with Gasteiger partial charge in [0.1, 0.15) is 0 Å². The summed E-state index contributed by atoms with van der Waals surface area (Å²) in [5.74, 6) is 0. The van der Waals surface area contributed by atoms with E-state index in [9.17, 15) is 5.11 Å². The summed E-state index contributed by atoms with van der Waals surface area (Å²) in [5.41, 5.74) is 0. The highest BCUT2D eigenvalue weighted by Gasteiger charge is 1.93. The van der Waals surface area contributed by atoms with E-state index >= 15 is 0 Å². The number of unbranched alkanes of at least 4 members (excludes halogenated alkanes) is 9. The van der Waals surface area contributed by atoms with Crippen LogP contribution < -0.4 is 0 Å². The summed E-state index contributed by atoms with van der Waals surface area (Å²) in [4.78, 5) is 0. The Balaban J connectivity index is 2.85. The second-order valence-electron chi connectivity index (χ2n) is 4.85. The molecule has 0 rings (SSSR count). The van der Waals surface area contributed by atoms with E-state index in [4.69, 9.17) is 4.74 Å². The number of rotatable bonds is 14. The standard InChI is InChI=1S/C15H31O2/c1-2-3-4-8-11-14-17-15-12-9-6-5-7-10-13-16/h2-15H2,1H3. The molecule has 0 saturated heterocycles. The molecule has 2 heteroatoms. The summed E-state index contributed by atoms with van der Waals surface area (Å²) in [6, 6.07) is 0. The van der Waals surface area contributed by atoms with Gasteiger partial charge in [-0.15, -0.1) is 0 Å². The minimum Gasteiger partial charge on any atom is -0.381 e. The van der Waals surface area contributed by atoms with E-state index in [-0.39, 0.29) is 6.61 Å². The van der Waals surface area contributed by atoms with Gasteiger partial charge in [-0.2, -0.15) is 0 Å². The Kier molecular flexibility index (Phi) is 15.8. The summed E-state index contributed by atoms with van der Waals surface area (Å²) in [6.07, 6.45) is 13.5. The molecule has 0 atom stereocenters. The first kappa shape index (κ1) is 16.9. The van der Waals surface area contributed by atoms with Crippen LogP contribution in [0.5, 0.6) is 0 Å². The van der Waals surface area contributed by atoms with Gasteiger partial charge in [0.2, 0.25) is 0 Å². The molecule has 0 unspecified atom stereocenters. The fraction of sp³-hybridized carbons (Fsp3) is 1.00. The van der Waals surface area contributed by atoms with Crippen molar-refractivity contribution in [3.63, 3.8) is 0 Å². The monoisotopic (exact) mass is 243 g/mol. The molecule has 0 saturated carbocycles. The first-order chi connectivity index (χ1) is 8.41. The number of hydrogen-bond donors (Lipinski definition) is 0. The summed E-state index contributed by atoms with van der Waals surface area (Å²) in [7, 11) is 0. The molecule has 0 aromatic heterocycles. The van der Waals surface area contributed by atoms with Gasteiger partial charge in [-0.25, -0.2) is 5.11 Å². The first-order valence-electron chi connectivity index (χ1n) is 7.57. The second kappa shape index (κ2) is 15.9. The molecule has 0 N–H and O–H groups in total. The lowest BCUT2D eigenvalue weighted by Gasteiger charge is -2.04. The Morgan fingerprint density at radius 1 is 0.647 bits per heavy atom. The molecule has 17 heavy (non-hydrogen) atoms. The highest BCUT2D eigenvalue weighted by molar-refractivity contribution is 4.45. The lowest BCUT2D eigenvalue weighted by Crippen LogP contribution is -1.97. The first-order valence-corrected chi connectivity index (χ1v) is 7.57. The molecule has 0 heterocycles. The van der Waals surface area contributed by atoms with Crippen LogP contribution >= 0.6 is 0 Å². The highest BCUT2D eigenvalue weighted by Crippen LogP contribution is 2.06. The molecular formula is C15H31O2. The van der Waals surface area contributed by atoms with Crippen molar-refractivity contribution in [1.29, 1.82) is 0 Å². The zero-order valence-corrected chi connectivity index (χ0v) is 11.7. The van der Waals surface area contributed by atoms with E-state index in [0.717, 1.165) is 26.1 Å². The smallest absolute Gasteiger partial charge is 0.0822 e. The predicted octanol–water partition coefficient (Wildman–Crippen LogP) is 4.74. The van der Waals surface area contributed by atoms with Crippen LogP contribution in [0.15, 0.2) is 0 Å². The van der Waals surface area contributed by atoms with Crippen molar-refractivity contribution in [2.24, 2.45) is 0 Å². The molecule has 1 radical (unpaired) electrons. The maximum absolute atomic E-state index is 10.2. The average molecular weight is 243 g/mol. The van der Waals surface area contributed by atoms with Crippen LogP contribution in [0.3, 0.4) is 0 Å². The molecule has 0 amide bonds. The maximum atomic E-state index is 10.2. The molecule has 0 bridgehead atoms. The quantitative estimate of drug-likeness (QED) is 0.405. The van der Waals surface area contributed by atoms with E-state index < -0.39 is 0 Å². The third kappa shape index (κ3) is 15.9. The zero-order valence-electron chi connectivity index (χ0n) is 11.7. The molecule has 0 spiro atoms. The van der Waals surface area contributed by atoms with Crippen LogP contribution in [0.1, 0.15) is 77.6 Å². The average Bonchev–Trinajstić information content (AvgIpc) is 2.35. The lowest BCUT2D eigenvalue weighted by molar-refractivity contribution is 0.125. The number of hydrogen-bond acceptors (Lipinski definition) is 1. The molecule has 2 nitrogen and oxygen atoms in total. The molecule has 0 aliphatic rings. The lowest BCUT2D eigenvalue weighted by atomic mass is 10.1. The van der Waals surface area contributed by atoms with Crippen molar-refractivity contribution < 1.29 is 9.84 Å². The molecule has 0 aromatic carbocycles.